The second kappa shape index (κ2) is 5.65. The van der Waals surface area contributed by atoms with E-state index in [1.807, 2.05) is 38.1 Å². The molecule has 0 spiro atoms. The molecular formula is C12H16ClN3OS. The van der Waals surface area contributed by atoms with Gasteiger partial charge in [0.05, 0.1) is 15.6 Å². The first-order valence-electron chi connectivity index (χ1n) is 5.40. The van der Waals surface area contributed by atoms with E-state index in [2.05, 4.69) is 10.3 Å². The number of nitrogens with zero attached hydrogens (tertiary/aromatic N) is 1. The van der Waals surface area contributed by atoms with Crippen molar-refractivity contribution in [3.05, 3.63) is 24.3 Å². The smallest absolute Gasteiger partial charge is 0.233 e. The lowest BCUT2D eigenvalue weighted by Gasteiger charge is -2.19. The molecule has 0 unspecified atom stereocenters. The van der Waals surface area contributed by atoms with E-state index in [1.165, 1.54) is 11.3 Å². The Morgan fingerprint density at radius 1 is 1.44 bits per heavy atom. The number of carbonyl (C=O) groups is 1. The van der Waals surface area contributed by atoms with Gasteiger partial charge in [0.2, 0.25) is 5.91 Å². The van der Waals surface area contributed by atoms with Crippen molar-refractivity contribution in [1.29, 1.82) is 0 Å². The Balaban J connectivity index is 0.00000162. The molecule has 0 radical (unpaired) electrons. The molecule has 3 N–H and O–H groups in total. The van der Waals surface area contributed by atoms with Gasteiger partial charge >= 0.3 is 0 Å². The summed E-state index contributed by atoms with van der Waals surface area (Å²) in [5, 5.41) is 3.43. The normalized spacial score (nSPS) is 11.1. The number of rotatable bonds is 3. The summed E-state index contributed by atoms with van der Waals surface area (Å²) in [5.41, 5.74) is 5.89. The third kappa shape index (κ3) is 2.98. The predicted octanol–water partition coefficient (Wildman–Crippen LogP) is 2.64. The van der Waals surface area contributed by atoms with Crippen molar-refractivity contribution in [2.24, 2.45) is 11.1 Å². The van der Waals surface area contributed by atoms with E-state index in [0.29, 0.717) is 11.7 Å². The van der Waals surface area contributed by atoms with Gasteiger partial charge in [0.15, 0.2) is 5.13 Å². The zero-order valence-corrected chi connectivity index (χ0v) is 11.9. The van der Waals surface area contributed by atoms with Crippen LogP contribution in [0.15, 0.2) is 24.3 Å². The number of benzene rings is 1. The highest BCUT2D eigenvalue weighted by Gasteiger charge is 2.26. The Hall–Kier alpha value is -1.17. The molecule has 1 heterocycles. The van der Waals surface area contributed by atoms with E-state index in [1.54, 1.807) is 0 Å². The molecule has 1 aromatic heterocycles. The van der Waals surface area contributed by atoms with Gasteiger partial charge in [-0.2, -0.15) is 0 Å². The third-order valence-corrected chi connectivity index (χ3v) is 3.59. The number of amides is 1. The van der Waals surface area contributed by atoms with Gasteiger partial charge in [-0.25, -0.2) is 4.98 Å². The first kappa shape index (κ1) is 14.9. The summed E-state index contributed by atoms with van der Waals surface area (Å²) in [7, 11) is 0. The van der Waals surface area contributed by atoms with Gasteiger partial charge in [0, 0.05) is 6.54 Å². The van der Waals surface area contributed by atoms with Crippen molar-refractivity contribution in [3.63, 3.8) is 0 Å². The number of nitrogens with two attached hydrogens (primary N) is 1. The van der Waals surface area contributed by atoms with Crippen LogP contribution in [0.3, 0.4) is 0 Å². The summed E-state index contributed by atoms with van der Waals surface area (Å²) in [6.07, 6.45) is 0. The lowest BCUT2D eigenvalue weighted by atomic mass is 9.93. The standard InChI is InChI=1S/C12H15N3OS.ClH/c1-12(2,7-13)10(16)15-11-14-8-5-3-4-6-9(8)17-11;/h3-6H,7,13H2,1-2H3,(H,14,15,16);1H. The van der Waals surface area contributed by atoms with Gasteiger partial charge in [-0.3, -0.25) is 4.79 Å². The molecule has 0 atom stereocenters. The average molecular weight is 286 g/mol. The zero-order valence-electron chi connectivity index (χ0n) is 10.3. The van der Waals surface area contributed by atoms with E-state index in [4.69, 9.17) is 5.73 Å². The van der Waals surface area contributed by atoms with Crippen LogP contribution in [0.4, 0.5) is 5.13 Å². The van der Waals surface area contributed by atoms with Crippen molar-refractivity contribution in [2.45, 2.75) is 13.8 Å². The molecule has 1 aromatic carbocycles. The molecule has 0 fully saturated rings. The first-order valence-corrected chi connectivity index (χ1v) is 6.22. The Kier molecular flexibility index (Phi) is 4.67. The summed E-state index contributed by atoms with van der Waals surface area (Å²) in [6, 6.07) is 7.79. The molecule has 0 aliphatic rings. The van der Waals surface area contributed by atoms with Crippen LogP contribution in [0.5, 0.6) is 0 Å². The highest BCUT2D eigenvalue weighted by molar-refractivity contribution is 7.22. The monoisotopic (exact) mass is 285 g/mol. The van der Waals surface area contributed by atoms with Gasteiger partial charge in [0.1, 0.15) is 0 Å². The minimum absolute atomic E-state index is 0. The Morgan fingerprint density at radius 3 is 2.72 bits per heavy atom. The van der Waals surface area contributed by atoms with Gasteiger partial charge in [-0.15, -0.1) is 12.4 Å². The average Bonchev–Trinajstić information content (AvgIpc) is 2.70. The number of thiazole rings is 1. The molecule has 0 bridgehead atoms. The van der Waals surface area contributed by atoms with Gasteiger partial charge < -0.3 is 11.1 Å². The molecule has 4 nitrogen and oxygen atoms in total. The first-order chi connectivity index (χ1) is 8.03. The highest BCUT2D eigenvalue weighted by atomic mass is 35.5. The topological polar surface area (TPSA) is 68.0 Å². The maximum absolute atomic E-state index is 11.9. The number of hydrogen-bond donors (Lipinski definition) is 2. The molecule has 98 valence electrons. The van der Waals surface area contributed by atoms with E-state index >= 15 is 0 Å². The van der Waals surface area contributed by atoms with E-state index < -0.39 is 5.41 Å². The second-order valence-electron chi connectivity index (χ2n) is 4.53. The van der Waals surface area contributed by atoms with Crippen molar-refractivity contribution >= 4 is 45.0 Å². The molecule has 0 aliphatic carbocycles. The van der Waals surface area contributed by atoms with Crippen molar-refractivity contribution in [3.8, 4) is 0 Å². The summed E-state index contributed by atoms with van der Waals surface area (Å²) in [5.74, 6) is -0.0981. The fourth-order valence-electron chi connectivity index (χ4n) is 1.28. The predicted molar refractivity (Wildman–Crippen MR) is 78.3 cm³/mol. The number of aromatic nitrogens is 1. The Bertz CT molecular complexity index is 520. The molecule has 2 aromatic rings. The Morgan fingerprint density at radius 2 is 2.11 bits per heavy atom. The lowest BCUT2D eigenvalue weighted by Crippen LogP contribution is -2.37. The summed E-state index contributed by atoms with van der Waals surface area (Å²) >= 11 is 1.47. The fraction of sp³-hybridized carbons (Fsp3) is 0.333. The molecule has 18 heavy (non-hydrogen) atoms. The minimum atomic E-state index is -0.572. The molecule has 6 heteroatoms. The maximum Gasteiger partial charge on any atom is 0.233 e. The van der Waals surface area contributed by atoms with E-state index in [-0.39, 0.29) is 18.3 Å². The van der Waals surface area contributed by atoms with Crippen molar-refractivity contribution in [2.75, 3.05) is 11.9 Å². The van der Waals surface area contributed by atoms with Crippen LogP contribution in [0.1, 0.15) is 13.8 Å². The maximum atomic E-state index is 11.9. The molecule has 2 rings (SSSR count). The number of fused-ring (bicyclic) bond motifs is 1. The zero-order chi connectivity index (χ0) is 12.5. The minimum Gasteiger partial charge on any atom is -0.329 e. The summed E-state index contributed by atoms with van der Waals surface area (Å²) in [4.78, 5) is 16.3. The van der Waals surface area contributed by atoms with Gasteiger partial charge in [0.25, 0.3) is 0 Å². The lowest BCUT2D eigenvalue weighted by molar-refractivity contribution is -0.123. The number of nitrogens with one attached hydrogen (secondary N) is 1. The molecule has 1 amide bonds. The second-order valence-corrected chi connectivity index (χ2v) is 5.56. The van der Waals surface area contributed by atoms with Gasteiger partial charge in [-0.05, 0) is 26.0 Å². The van der Waals surface area contributed by atoms with Crippen LogP contribution in [0, 0.1) is 5.41 Å². The van der Waals surface area contributed by atoms with Crippen LogP contribution in [-0.2, 0) is 4.79 Å². The third-order valence-electron chi connectivity index (χ3n) is 2.64. The number of carbonyl (C=O) groups excluding carboxylic acids is 1. The summed E-state index contributed by atoms with van der Waals surface area (Å²) in [6.45, 7) is 3.94. The molecule has 0 saturated heterocycles. The van der Waals surface area contributed by atoms with Crippen molar-refractivity contribution < 1.29 is 4.79 Å². The number of halogens is 1. The SMILES string of the molecule is CC(C)(CN)C(=O)Nc1nc2ccccc2s1.Cl. The highest BCUT2D eigenvalue weighted by Crippen LogP contribution is 2.26. The van der Waals surface area contributed by atoms with Crippen LogP contribution in [-0.4, -0.2) is 17.4 Å². The van der Waals surface area contributed by atoms with Crippen molar-refractivity contribution in [1.82, 2.24) is 4.98 Å². The summed E-state index contributed by atoms with van der Waals surface area (Å²) < 4.78 is 1.06. The van der Waals surface area contributed by atoms with Gasteiger partial charge in [-0.1, -0.05) is 23.5 Å². The molecule has 0 saturated carbocycles. The van der Waals surface area contributed by atoms with E-state index in [9.17, 15) is 4.79 Å². The van der Waals surface area contributed by atoms with Crippen LogP contribution in [0.25, 0.3) is 10.2 Å². The fourth-order valence-corrected chi connectivity index (χ4v) is 2.15. The molecule has 0 aliphatic heterocycles. The largest absolute Gasteiger partial charge is 0.329 e. The number of hydrogen-bond acceptors (Lipinski definition) is 4. The van der Waals surface area contributed by atoms with E-state index in [0.717, 1.165) is 10.2 Å². The number of para-hydroxylation sites is 1. The van der Waals surface area contributed by atoms with Crippen LogP contribution < -0.4 is 11.1 Å². The number of anilines is 1. The quantitative estimate of drug-likeness (QED) is 0.911. The molecular weight excluding hydrogens is 270 g/mol. The Labute approximate surface area is 116 Å². The van der Waals surface area contributed by atoms with Crippen LogP contribution in [0.2, 0.25) is 0 Å². The van der Waals surface area contributed by atoms with Crippen LogP contribution >= 0.6 is 23.7 Å².